The molecule has 74 valence electrons. The van der Waals surface area contributed by atoms with Gasteiger partial charge in [0, 0.05) is 19.0 Å². The average Bonchev–Trinajstić information content (AvgIpc) is 2.04. The highest BCUT2D eigenvalue weighted by Crippen LogP contribution is 1.80. The lowest BCUT2D eigenvalue weighted by molar-refractivity contribution is -0.120. The highest BCUT2D eigenvalue weighted by molar-refractivity contribution is 5.76. The van der Waals surface area contributed by atoms with Gasteiger partial charge < -0.3 is 10.6 Å². The molecule has 0 aromatic rings. The third-order valence-electron chi connectivity index (χ3n) is 1.46. The topological polar surface area (TPSA) is 41.1 Å². The summed E-state index contributed by atoms with van der Waals surface area (Å²) in [4.78, 5) is 11.1. The first-order chi connectivity index (χ1) is 6.16. The minimum Gasteiger partial charge on any atom is -0.345 e. The van der Waals surface area contributed by atoms with E-state index in [4.69, 9.17) is 0 Å². The number of nitrogens with one attached hydrogen (secondary N) is 2. The Kier molecular flexibility index (Phi) is 7.04. The van der Waals surface area contributed by atoms with Crippen molar-refractivity contribution < 1.29 is 4.79 Å². The number of carbonyl (C=O) groups excluding carboxylic acids is 1. The fraction of sp³-hybridized carbons (Fsp3) is 0.700. The fourth-order valence-electron chi connectivity index (χ4n) is 0.794. The highest BCUT2D eigenvalue weighted by atomic mass is 16.1. The first-order valence-electron chi connectivity index (χ1n) is 4.56. The van der Waals surface area contributed by atoms with Crippen molar-refractivity contribution in [3.05, 3.63) is 0 Å². The predicted octanol–water partition coefficient (Wildman–Crippen LogP) is 0.514. The number of carbonyl (C=O) groups is 1. The molecule has 0 saturated heterocycles. The molecular weight excluding hydrogens is 164 g/mol. The minimum absolute atomic E-state index is 0.0518. The zero-order valence-electron chi connectivity index (χ0n) is 8.61. The van der Waals surface area contributed by atoms with Crippen LogP contribution >= 0.6 is 0 Å². The lowest BCUT2D eigenvalue weighted by atomic mass is 10.3. The van der Waals surface area contributed by atoms with Gasteiger partial charge in [-0.3, -0.25) is 4.79 Å². The van der Waals surface area contributed by atoms with Gasteiger partial charge in [-0.2, -0.15) is 0 Å². The van der Waals surface area contributed by atoms with E-state index in [9.17, 15) is 4.79 Å². The highest BCUT2D eigenvalue weighted by Gasteiger charge is 1.99. The maximum atomic E-state index is 11.1. The summed E-state index contributed by atoms with van der Waals surface area (Å²) >= 11 is 0. The van der Waals surface area contributed by atoms with Crippen molar-refractivity contribution in [1.82, 2.24) is 10.6 Å². The Hall–Kier alpha value is -1.01. The van der Waals surface area contributed by atoms with Gasteiger partial charge in [-0.1, -0.05) is 19.8 Å². The average molecular weight is 182 g/mol. The first kappa shape index (κ1) is 12.0. The molecule has 3 nitrogen and oxygen atoms in total. The lowest BCUT2D eigenvalue weighted by Gasteiger charge is -2.06. The SMILES string of the molecule is CC#CCNC(=O)CCNC(C)C. The summed E-state index contributed by atoms with van der Waals surface area (Å²) in [5.41, 5.74) is 0. The van der Waals surface area contributed by atoms with Crippen LogP contribution < -0.4 is 10.6 Å². The third-order valence-corrected chi connectivity index (χ3v) is 1.46. The van der Waals surface area contributed by atoms with E-state index in [-0.39, 0.29) is 5.91 Å². The molecule has 0 unspecified atom stereocenters. The second kappa shape index (κ2) is 7.63. The molecule has 0 heterocycles. The van der Waals surface area contributed by atoms with Crippen LogP contribution in [-0.2, 0) is 4.79 Å². The number of hydrogen-bond donors (Lipinski definition) is 2. The van der Waals surface area contributed by atoms with Gasteiger partial charge in [0.2, 0.25) is 5.91 Å². The summed E-state index contributed by atoms with van der Waals surface area (Å²) in [6.07, 6.45) is 0.517. The van der Waals surface area contributed by atoms with Crippen LogP contribution in [0.5, 0.6) is 0 Å². The van der Waals surface area contributed by atoms with Crippen LogP contribution in [0.4, 0.5) is 0 Å². The van der Waals surface area contributed by atoms with Gasteiger partial charge in [-0.05, 0) is 6.92 Å². The smallest absolute Gasteiger partial charge is 0.222 e. The molecule has 1 amide bonds. The Morgan fingerprint density at radius 1 is 1.46 bits per heavy atom. The van der Waals surface area contributed by atoms with Gasteiger partial charge in [0.05, 0.1) is 6.54 Å². The van der Waals surface area contributed by atoms with E-state index in [1.165, 1.54) is 0 Å². The Morgan fingerprint density at radius 2 is 2.15 bits per heavy atom. The number of rotatable bonds is 5. The maximum Gasteiger partial charge on any atom is 0.222 e. The van der Waals surface area contributed by atoms with Gasteiger partial charge >= 0.3 is 0 Å². The molecule has 0 aliphatic rings. The van der Waals surface area contributed by atoms with Crippen molar-refractivity contribution >= 4 is 5.91 Å². The molecule has 0 atom stereocenters. The van der Waals surface area contributed by atoms with E-state index in [0.717, 1.165) is 6.54 Å². The van der Waals surface area contributed by atoms with Crippen molar-refractivity contribution in [2.75, 3.05) is 13.1 Å². The van der Waals surface area contributed by atoms with Crippen LogP contribution in [-0.4, -0.2) is 25.0 Å². The zero-order valence-corrected chi connectivity index (χ0v) is 8.61. The molecule has 0 saturated carbocycles. The third kappa shape index (κ3) is 8.90. The first-order valence-corrected chi connectivity index (χ1v) is 4.56. The Labute approximate surface area is 80.3 Å². The summed E-state index contributed by atoms with van der Waals surface area (Å²) in [6, 6.07) is 0.434. The minimum atomic E-state index is 0.0518. The molecular formula is C10H18N2O. The van der Waals surface area contributed by atoms with E-state index in [2.05, 4.69) is 36.3 Å². The summed E-state index contributed by atoms with van der Waals surface area (Å²) in [6.45, 7) is 7.05. The van der Waals surface area contributed by atoms with Crippen LogP contribution in [0.15, 0.2) is 0 Å². The van der Waals surface area contributed by atoms with Crippen molar-refractivity contribution in [2.24, 2.45) is 0 Å². The van der Waals surface area contributed by atoms with Gasteiger partial charge in [0.15, 0.2) is 0 Å². The Balaban J connectivity index is 3.34. The molecule has 0 aromatic heterocycles. The normalized spacial score (nSPS) is 9.23. The molecule has 0 aliphatic heterocycles. The molecule has 0 aromatic carbocycles. The van der Waals surface area contributed by atoms with Crippen LogP contribution in [0.3, 0.4) is 0 Å². The van der Waals surface area contributed by atoms with Gasteiger partial charge in [-0.25, -0.2) is 0 Å². The van der Waals surface area contributed by atoms with Crippen LogP contribution in [0, 0.1) is 11.8 Å². The molecule has 0 rings (SSSR count). The van der Waals surface area contributed by atoms with E-state index in [0.29, 0.717) is 19.0 Å². The summed E-state index contributed by atoms with van der Waals surface area (Å²) in [7, 11) is 0. The molecule has 0 fully saturated rings. The quantitative estimate of drug-likeness (QED) is 0.608. The fourth-order valence-corrected chi connectivity index (χ4v) is 0.794. The van der Waals surface area contributed by atoms with Crippen molar-refractivity contribution in [2.45, 2.75) is 33.2 Å². The van der Waals surface area contributed by atoms with Gasteiger partial charge in [0.1, 0.15) is 0 Å². The van der Waals surface area contributed by atoms with E-state index in [1.54, 1.807) is 6.92 Å². The monoisotopic (exact) mass is 182 g/mol. The van der Waals surface area contributed by atoms with Gasteiger partial charge in [-0.15, -0.1) is 5.92 Å². The summed E-state index contributed by atoms with van der Waals surface area (Å²) in [5.74, 6) is 5.54. The van der Waals surface area contributed by atoms with E-state index >= 15 is 0 Å². The second-order valence-electron chi connectivity index (χ2n) is 3.06. The van der Waals surface area contributed by atoms with Crippen LogP contribution in [0.2, 0.25) is 0 Å². The summed E-state index contributed by atoms with van der Waals surface area (Å²) < 4.78 is 0. The Morgan fingerprint density at radius 3 is 2.69 bits per heavy atom. The second-order valence-corrected chi connectivity index (χ2v) is 3.06. The largest absolute Gasteiger partial charge is 0.345 e. The van der Waals surface area contributed by atoms with Crippen molar-refractivity contribution in [1.29, 1.82) is 0 Å². The van der Waals surface area contributed by atoms with Crippen molar-refractivity contribution in [3.63, 3.8) is 0 Å². The van der Waals surface area contributed by atoms with Crippen molar-refractivity contribution in [3.8, 4) is 11.8 Å². The molecule has 0 bridgehead atoms. The molecule has 0 aliphatic carbocycles. The Bertz CT molecular complexity index is 201. The zero-order chi connectivity index (χ0) is 10.1. The summed E-state index contributed by atoms with van der Waals surface area (Å²) in [5, 5.41) is 5.87. The lowest BCUT2D eigenvalue weighted by Crippen LogP contribution is -2.30. The van der Waals surface area contributed by atoms with Gasteiger partial charge in [0.25, 0.3) is 0 Å². The standard InChI is InChI=1S/C10H18N2O/c1-4-5-7-12-10(13)6-8-11-9(2)3/h9,11H,6-8H2,1-3H3,(H,12,13). The van der Waals surface area contributed by atoms with Crippen LogP contribution in [0.25, 0.3) is 0 Å². The maximum absolute atomic E-state index is 11.1. The van der Waals surface area contributed by atoms with Crippen LogP contribution in [0.1, 0.15) is 27.2 Å². The molecule has 13 heavy (non-hydrogen) atoms. The number of amides is 1. The predicted molar refractivity (Wildman–Crippen MR) is 54.2 cm³/mol. The van der Waals surface area contributed by atoms with E-state index in [1.807, 2.05) is 0 Å². The molecule has 0 spiro atoms. The molecule has 2 N–H and O–H groups in total. The molecule has 3 heteroatoms. The molecule has 0 radical (unpaired) electrons. The number of hydrogen-bond acceptors (Lipinski definition) is 2. The van der Waals surface area contributed by atoms with E-state index < -0.39 is 0 Å².